The molecule has 0 atom stereocenters. The van der Waals surface area contributed by atoms with E-state index in [0.29, 0.717) is 6.04 Å². The number of hydrogen-bond donors (Lipinski definition) is 1. The zero-order valence-electron chi connectivity index (χ0n) is 11.2. The van der Waals surface area contributed by atoms with Crippen molar-refractivity contribution in [3.8, 4) is 0 Å². The molecule has 0 saturated carbocycles. The molecule has 1 saturated heterocycles. The minimum Gasteiger partial charge on any atom is -0.368 e. The lowest BCUT2D eigenvalue weighted by Crippen LogP contribution is -2.43. The van der Waals surface area contributed by atoms with Gasteiger partial charge in [0.1, 0.15) is 0 Å². The number of nitrogens with zero attached hydrogens (tertiary/aromatic N) is 2. The number of fused-ring (bicyclic) bond motifs is 1. The maximum atomic E-state index is 3.41. The molecule has 96 valence electrons. The molecule has 1 aromatic carbocycles. The monoisotopic (exact) mass is 243 g/mol. The molecule has 3 nitrogen and oxygen atoms in total. The Morgan fingerprint density at radius 3 is 2.61 bits per heavy atom. The van der Waals surface area contributed by atoms with E-state index in [2.05, 4.69) is 59.1 Å². The normalized spacial score (nSPS) is 16.7. The van der Waals surface area contributed by atoms with Gasteiger partial charge in [-0.15, -0.1) is 0 Å². The van der Waals surface area contributed by atoms with Crippen LogP contribution in [-0.4, -0.2) is 30.7 Å². The molecule has 2 aromatic rings. The molecule has 3 rings (SSSR count). The Labute approximate surface area is 108 Å². The SMILES string of the molecule is CC(C)n1ccc2c(N3CCNCC3)cccc21. The molecule has 1 fully saturated rings. The van der Waals surface area contributed by atoms with Gasteiger partial charge >= 0.3 is 0 Å². The van der Waals surface area contributed by atoms with Crippen molar-refractivity contribution in [2.24, 2.45) is 0 Å². The van der Waals surface area contributed by atoms with Crippen LogP contribution in [0.4, 0.5) is 5.69 Å². The number of rotatable bonds is 2. The van der Waals surface area contributed by atoms with Crippen LogP contribution in [0.1, 0.15) is 19.9 Å². The second-order valence-corrected chi connectivity index (χ2v) is 5.26. The van der Waals surface area contributed by atoms with Gasteiger partial charge in [-0.2, -0.15) is 0 Å². The third-order valence-electron chi connectivity index (χ3n) is 3.75. The van der Waals surface area contributed by atoms with Crippen LogP contribution < -0.4 is 10.2 Å². The first kappa shape index (κ1) is 11.6. The van der Waals surface area contributed by atoms with E-state index in [1.807, 2.05) is 0 Å². The predicted octanol–water partition coefficient (Wildman–Crippen LogP) is 2.63. The molecule has 1 aromatic heterocycles. The van der Waals surface area contributed by atoms with Crippen LogP contribution in [0.15, 0.2) is 30.5 Å². The number of piperazine rings is 1. The van der Waals surface area contributed by atoms with Crippen LogP contribution in [0.5, 0.6) is 0 Å². The summed E-state index contributed by atoms with van der Waals surface area (Å²) in [6, 6.07) is 9.42. The summed E-state index contributed by atoms with van der Waals surface area (Å²) in [7, 11) is 0. The fourth-order valence-corrected chi connectivity index (χ4v) is 2.80. The van der Waals surface area contributed by atoms with Crippen LogP contribution >= 0.6 is 0 Å². The minimum atomic E-state index is 0.515. The van der Waals surface area contributed by atoms with Crippen LogP contribution in [0.25, 0.3) is 10.9 Å². The van der Waals surface area contributed by atoms with Gasteiger partial charge in [-0.25, -0.2) is 0 Å². The van der Waals surface area contributed by atoms with E-state index in [0.717, 1.165) is 26.2 Å². The molecule has 1 aliphatic heterocycles. The standard InChI is InChI=1S/C15H21N3/c1-12(2)18-9-6-13-14(4-3-5-15(13)18)17-10-7-16-8-11-17/h3-6,9,12,16H,7-8,10-11H2,1-2H3. The van der Waals surface area contributed by atoms with E-state index in [-0.39, 0.29) is 0 Å². The van der Waals surface area contributed by atoms with Gasteiger partial charge in [0.2, 0.25) is 0 Å². The molecule has 0 bridgehead atoms. The van der Waals surface area contributed by atoms with Crippen LogP contribution in [0.2, 0.25) is 0 Å². The molecule has 2 heterocycles. The van der Waals surface area contributed by atoms with Gasteiger partial charge in [0, 0.05) is 49.5 Å². The zero-order valence-corrected chi connectivity index (χ0v) is 11.2. The van der Waals surface area contributed by atoms with E-state index in [1.165, 1.54) is 16.6 Å². The Morgan fingerprint density at radius 1 is 1.11 bits per heavy atom. The topological polar surface area (TPSA) is 20.2 Å². The lowest BCUT2D eigenvalue weighted by molar-refractivity contribution is 0.590. The van der Waals surface area contributed by atoms with Crippen molar-refractivity contribution in [2.75, 3.05) is 31.1 Å². The molecule has 0 spiro atoms. The highest BCUT2D eigenvalue weighted by Gasteiger charge is 2.14. The highest BCUT2D eigenvalue weighted by Crippen LogP contribution is 2.29. The first-order valence-corrected chi connectivity index (χ1v) is 6.82. The second-order valence-electron chi connectivity index (χ2n) is 5.26. The van der Waals surface area contributed by atoms with E-state index in [9.17, 15) is 0 Å². The molecule has 0 unspecified atom stereocenters. The van der Waals surface area contributed by atoms with Crippen molar-refractivity contribution in [3.63, 3.8) is 0 Å². The summed E-state index contributed by atoms with van der Waals surface area (Å²) >= 11 is 0. The maximum Gasteiger partial charge on any atom is 0.0503 e. The summed E-state index contributed by atoms with van der Waals surface area (Å²) < 4.78 is 2.35. The lowest BCUT2D eigenvalue weighted by atomic mass is 10.2. The average Bonchev–Trinajstić information content (AvgIpc) is 2.83. The summed E-state index contributed by atoms with van der Waals surface area (Å²) in [5.41, 5.74) is 2.73. The average molecular weight is 243 g/mol. The van der Waals surface area contributed by atoms with Crippen molar-refractivity contribution in [1.82, 2.24) is 9.88 Å². The largest absolute Gasteiger partial charge is 0.368 e. The van der Waals surface area contributed by atoms with Crippen LogP contribution in [0, 0.1) is 0 Å². The Balaban J connectivity index is 2.07. The predicted molar refractivity (Wildman–Crippen MR) is 77.4 cm³/mol. The first-order chi connectivity index (χ1) is 8.77. The van der Waals surface area contributed by atoms with Crippen molar-refractivity contribution < 1.29 is 0 Å². The van der Waals surface area contributed by atoms with Crippen molar-refractivity contribution in [1.29, 1.82) is 0 Å². The van der Waals surface area contributed by atoms with Crippen LogP contribution in [-0.2, 0) is 0 Å². The Bertz CT molecular complexity index is 536. The summed E-state index contributed by atoms with van der Waals surface area (Å²) in [5, 5.41) is 4.79. The van der Waals surface area contributed by atoms with Crippen LogP contribution in [0.3, 0.4) is 0 Å². The molecule has 18 heavy (non-hydrogen) atoms. The summed E-state index contributed by atoms with van der Waals surface area (Å²) in [6.07, 6.45) is 2.21. The zero-order chi connectivity index (χ0) is 12.5. The third-order valence-corrected chi connectivity index (χ3v) is 3.75. The smallest absolute Gasteiger partial charge is 0.0503 e. The highest BCUT2D eigenvalue weighted by atomic mass is 15.2. The number of anilines is 1. The molecule has 3 heteroatoms. The molecular weight excluding hydrogens is 222 g/mol. The van der Waals surface area contributed by atoms with Gasteiger partial charge in [-0.3, -0.25) is 0 Å². The molecule has 0 radical (unpaired) electrons. The Morgan fingerprint density at radius 2 is 1.89 bits per heavy atom. The number of nitrogens with one attached hydrogen (secondary N) is 1. The fraction of sp³-hybridized carbons (Fsp3) is 0.467. The van der Waals surface area contributed by atoms with E-state index < -0.39 is 0 Å². The van der Waals surface area contributed by atoms with Gasteiger partial charge in [0.05, 0.1) is 5.52 Å². The van der Waals surface area contributed by atoms with Crippen molar-refractivity contribution in [2.45, 2.75) is 19.9 Å². The number of hydrogen-bond acceptors (Lipinski definition) is 2. The highest BCUT2D eigenvalue weighted by molar-refractivity contribution is 5.93. The number of aromatic nitrogens is 1. The lowest BCUT2D eigenvalue weighted by Gasteiger charge is -2.30. The molecule has 1 aliphatic rings. The number of benzene rings is 1. The van der Waals surface area contributed by atoms with Gasteiger partial charge in [0.25, 0.3) is 0 Å². The Hall–Kier alpha value is -1.48. The summed E-state index contributed by atoms with van der Waals surface area (Å²) in [6.45, 7) is 8.84. The second kappa shape index (κ2) is 4.65. The van der Waals surface area contributed by atoms with E-state index >= 15 is 0 Å². The third kappa shape index (κ3) is 1.89. The summed E-state index contributed by atoms with van der Waals surface area (Å²) in [5.74, 6) is 0. The molecule has 1 N–H and O–H groups in total. The maximum absolute atomic E-state index is 3.41. The van der Waals surface area contributed by atoms with E-state index in [4.69, 9.17) is 0 Å². The quantitative estimate of drug-likeness (QED) is 0.875. The molecule has 0 aliphatic carbocycles. The van der Waals surface area contributed by atoms with Crippen molar-refractivity contribution >= 4 is 16.6 Å². The Kier molecular flexibility index (Phi) is 3.00. The van der Waals surface area contributed by atoms with Gasteiger partial charge in [-0.05, 0) is 32.0 Å². The summed E-state index contributed by atoms with van der Waals surface area (Å²) in [4.78, 5) is 2.49. The van der Waals surface area contributed by atoms with Crippen molar-refractivity contribution in [3.05, 3.63) is 30.5 Å². The van der Waals surface area contributed by atoms with Gasteiger partial charge in [-0.1, -0.05) is 6.07 Å². The first-order valence-electron chi connectivity index (χ1n) is 6.82. The fourth-order valence-electron chi connectivity index (χ4n) is 2.80. The van der Waals surface area contributed by atoms with E-state index in [1.54, 1.807) is 0 Å². The minimum absolute atomic E-state index is 0.515. The molecular formula is C15H21N3. The van der Waals surface area contributed by atoms with Gasteiger partial charge in [0.15, 0.2) is 0 Å². The van der Waals surface area contributed by atoms with Gasteiger partial charge < -0.3 is 14.8 Å². The molecule has 0 amide bonds.